The number of rotatable bonds is 11. The first-order valence-electron chi connectivity index (χ1n) is 15.8. The number of amides is 3. The fraction of sp³-hybridized carbons (Fsp3) is 0.618. The van der Waals surface area contributed by atoms with Gasteiger partial charge in [0.25, 0.3) is 5.91 Å². The molecule has 1 atom stereocenters. The third kappa shape index (κ3) is 5.69. The molecule has 2 aromatic rings. The highest BCUT2D eigenvalue weighted by Gasteiger charge is 2.49. The van der Waals surface area contributed by atoms with E-state index in [-0.39, 0.29) is 29.1 Å². The first kappa shape index (κ1) is 28.0. The summed E-state index contributed by atoms with van der Waals surface area (Å²) in [6.45, 7) is 4.96. The number of anilines is 1. The van der Waals surface area contributed by atoms with E-state index in [2.05, 4.69) is 22.9 Å². The van der Waals surface area contributed by atoms with Crippen LogP contribution in [-0.4, -0.2) is 34.9 Å². The molecule has 0 spiro atoms. The summed E-state index contributed by atoms with van der Waals surface area (Å²) in [7, 11) is 1.88. The van der Waals surface area contributed by atoms with E-state index in [4.69, 9.17) is 0 Å². The summed E-state index contributed by atoms with van der Waals surface area (Å²) < 4.78 is 1.87. The van der Waals surface area contributed by atoms with Gasteiger partial charge in [-0.3, -0.25) is 14.4 Å². The van der Waals surface area contributed by atoms with E-state index in [0.717, 1.165) is 69.2 Å². The van der Waals surface area contributed by atoms with E-state index in [1.807, 2.05) is 54.9 Å². The monoisotopic (exact) mass is 558 g/mol. The van der Waals surface area contributed by atoms with Crippen LogP contribution >= 0.6 is 0 Å². The van der Waals surface area contributed by atoms with Gasteiger partial charge in [0.05, 0.1) is 5.41 Å². The molecule has 4 fully saturated rings. The van der Waals surface area contributed by atoms with Gasteiger partial charge in [-0.05, 0) is 111 Å². The Balaban J connectivity index is 1.21. The molecule has 6 rings (SSSR count). The largest absolute Gasteiger partial charge is 0.355 e. The Bertz CT molecular complexity index is 1300. The van der Waals surface area contributed by atoms with Crippen molar-refractivity contribution in [3.63, 3.8) is 0 Å². The number of nitrogens with zero attached hydrogens (tertiary/aromatic N) is 1. The Morgan fingerprint density at radius 1 is 0.951 bits per heavy atom. The second-order valence-electron chi connectivity index (χ2n) is 13.8. The number of hydrogen-bond donors (Lipinski definition) is 3. The van der Waals surface area contributed by atoms with Crippen LogP contribution in [0.25, 0.3) is 0 Å². The van der Waals surface area contributed by atoms with E-state index in [1.54, 1.807) is 0 Å². The van der Waals surface area contributed by atoms with Gasteiger partial charge < -0.3 is 20.5 Å². The quantitative estimate of drug-likeness (QED) is 0.334. The van der Waals surface area contributed by atoms with Crippen LogP contribution in [0.2, 0.25) is 0 Å². The summed E-state index contributed by atoms with van der Waals surface area (Å²) in [6.07, 6.45) is 11.8. The zero-order valence-electron chi connectivity index (χ0n) is 24.9. The Labute approximate surface area is 244 Å². The topological polar surface area (TPSA) is 92.2 Å². The lowest BCUT2D eigenvalue weighted by molar-refractivity contribution is -0.127. The van der Waals surface area contributed by atoms with E-state index in [1.165, 1.54) is 19.3 Å². The molecule has 220 valence electrons. The summed E-state index contributed by atoms with van der Waals surface area (Å²) >= 11 is 0. The molecule has 1 aromatic heterocycles. The standard InChI is InChI=1S/C34H46N4O3/c1-22-10-15-27(38(22)3)30(39)37-29(28(23-11-12-23)24-13-14-24)31(40)36-26-9-6-8-25(20-26)34(18-4-5-19-34)32(41)35-21-33(2)16-7-17-33/h6,8-10,15,20,23-24,28-29H,4-5,7,11-14,16-19,21H2,1-3H3,(H,35,41)(H,36,40)(H,37,39)/t29-/m0/s1. The van der Waals surface area contributed by atoms with Crippen molar-refractivity contribution in [1.82, 2.24) is 15.2 Å². The lowest BCUT2D eigenvalue weighted by atomic mass is 9.70. The second kappa shape index (κ2) is 11.0. The predicted molar refractivity (Wildman–Crippen MR) is 161 cm³/mol. The van der Waals surface area contributed by atoms with Crippen molar-refractivity contribution >= 4 is 23.4 Å². The highest BCUT2D eigenvalue weighted by atomic mass is 16.2. The summed E-state index contributed by atoms with van der Waals surface area (Å²) in [5.74, 6) is 0.891. The average Bonchev–Trinajstić information content (AvgIpc) is 3.88. The van der Waals surface area contributed by atoms with Crippen LogP contribution in [0.3, 0.4) is 0 Å². The first-order chi connectivity index (χ1) is 19.7. The lowest BCUT2D eigenvalue weighted by Crippen LogP contribution is -2.50. The van der Waals surface area contributed by atoms with E-state index in [9.17, 15) is 14.4 Å². The molecule has 1 heterocycles. The molecular formula is C34H46N4O3. The minimum absolute atomic E-state index is 0.122. The third-order valence-corrected chi connectivity index (χ3v) is 10.7. The van der Waals surface area contributed by atoms with Crippen molar-refractivity contribution in [1.29, 1.82) is 0 Å². The SMILES string of the molecule is Cc1ccc(C(=O)N[C@H](C(=O)Nc2cccc(C3(C(=O)NCC4(C)CCC4)CCCC3)c2)C(C2CC2)C2CC2)n1C. The zero-order valence-corrected chi connectivity index (χ0v) is 24.9. The molecular weight excluding hydrogens is 512 g/mol. The third-order valence-electron chi connectivity index (χ3n) is 10.7. The van der Waals surface area contributed by atoms with Gasteiger partial charge in [0.1, 0.15) is 11.7 Å². The maximum atomic E-state index is 14.0. The lowest BCUT2D eigenvalue weighted by Gasteiger charge is -2.39. The molecule has 0 saturated heterocycles. The maximum Gasteiger partial charge on any atom is 0.268 e. The number of nitrogens with one attached hydrogen (secondary N) is 3. The smallest absolute Gasteiger partial charge is 0.268 e. The molecule has 7 nitrogen and oxygen atoms in total. The van der Waals surface area contributed by atoms with Crippen LogP contribution in [0.1, 0.15) is 99.3 Å². The van der Waals surface area contributed by atoms with Gasteiger partial charge in [-0.15, -0.1) is 0 Å². The molecule has 7 heteroatoms. The van der Waals surface area contributed by atoms with Gasteiger partial charge in [-0.1, -0.05) is 38.3 Å². The van der Waals surface area contributed by atoms with E-state index < -0.39 is 11.5 Å². The maximum absolute atomic E-state index is 14.0. The minimum Gasteiger partial charge on any atom is -0.355 e. The Hall–Kier alpha value is -3.09. The second-order valence-corrected chi connectivity index (χ2v) is 13.8. The fourth-order valence-electron chi connectivity index (χ4n) is 7.44. The first-order valence-corrected chi connectivity index (χ1v) is 15.8. The number of aryl methyl sites for hydroxylation is 1. The highest BCUT2D eigenvalue weighted by Crippen LogP contribution is 2.51. The van der Waals surface area contributed by atoms with Crippen LogP contribution in [0.4, 0.5) is 5.69 Å². The molecule has 4 aliphatic carbocycles. The summed E-state index contributed by atoms with van der Waals surface area (Å²) in [5.41, 5.74) is 2.91. The van der Waals surface area contributed by atoms with Crippen LogP contribution in [0.15, 0.2) is 36.4 Å². The van der Waals surface area contributed by atoms with Gasteiger partial charge in [0, 0.05) is 25.0 Å². The molecule has 4 aliphatic rings. The number of carbonyl (C=O) groups excluding carboxylic acids is 3. The minimum atomic E-state index is -0.590. The summed E-state index contributed by atoms with van der Waals surface area (Å²) in [6, 6.07) is 11.1. The van der Waals surface area contributed by atoms with Gasteiger partial charge >= 0.3 is 0 Å². The molecule has 0 bridgehead atoms. The molecule has 0 aliphatic heterocycles. The van der Waals surface area contributed by atoms with E-state index in [0.29, 0.717) is 23.2 Å². The Kier molecular flexibility index (Phi) is 7.50. The van der Waals surface area contributed by atoms with Crippen molar-refractivity contribution in [2.45, 2.75) is 95.9 Å². The number of hydrogen-bond acceptors (Lipinski definition) is 3. The summed E-state index contributed by atoms with van der Waals surface area (Å²) in [5, 5.41) is 9.62. The molecule has 3 N–H and O–H groups in total. The van der Waals surface area contributed by atoms with Crippen LogP contribution in [0.5, 0.6) is 0 Å². The fourth-order valence-corrected chi connectivity index (χ4v) is 7.44. The molecule has 41 heavy (non-hydrogen) atoms. The van der Waals surface area contributed by atoms with Crippen molar-refractivity contribution in [3.8, 4) is 0 Å². The molecule has 0 unspecified atom stereocenters. The normalized spacial score (nSPS) is 21.7. The average molecular weight is 559 g/mol. The zero-order chi connectivity index (χ0) is 28.8. The van der Waals surface area contributed by atoms with Gasteiger partial charge in [0.15, 0.2) is 0 Å². The molecule has 4 saturated carbocycles. The van der Waals surface area contributed by atoms with Crippen LogP contribution in [-0.2, 0) is 22.1 Å². The Morgan fingerprint density at radius 2 is 1.63 bits per heavy atom. The van der Waals surface area contributed by atoms with Crippen molar-refractivity contribution in [3.05, 3.63) is 53.3 Å². The van der Waals surface area contributed by atoms with Crippen molar-refractivity contribution in [2.24, 2.45) is 30.2 Å². The number of carbonyl (C=O) groups is 3. The number of aromatic nitrogens is 1. The Morgan fingerprint density at radius 3 is 2.20 bits per heavy atom. The van der Waals surface area contributed by atoms with Crippen molar-refractivity contribution in [2.75, 3.05) is 11.9 Å². The van der Waals surface area contributed by atoms with Gasteiger partial charge in [-0.25, -0.2) is 0 Å². The van der Waals surface area contributed by atoms with Gasteiger partial charge in [-0.2, -0.15) is 0 Å². The van der Waals surface area contributed by atoms with E-state index >= 15 is 0 Å². The molecule has 3 amide bonds. The summed E-state index contributed by atoms with van der Waals surface area (Å²) in [4.78, 5) is 41.0. The predicted octanol–water partition coefficient (Wildman–Crippen LogP) is 5.63. The number of benzene rings is 1. The van der Waals surface area contributed by atoms with Crippen molar-refractivity contribution < 1.29 is 14.4 Å². The van der Waals surface area contributed by atoms with Gasteiger partial charge in [0.2, 0.25) is 11.8 Å². The highest BCUT2D eigenvalue weighted by molar-refractivity contribution is 6.01. The molecule has 1 aromatic carbocycles. The molecule has 0 radical (unpaired) electrons. The van der Waals surface area contributed by atoms with Crippen LogP contribution < -0.4 is 16.0 Å². The van der Waals surface area contributed by atoms with Crippen LogP contribution in [0, 0.1) is 30.1 Å².